The predicted molar refractivity (Wildman–Crippen MR) is 382 cm³/mol. The summed E-state index contributed by atoms with van der Waals surface area (Å²) in [5, 5.41) is 0. The molecule has 0 unspecified atom stereocenters. The molecule has 16 rings (SSSR count). The highest BCUT2D eigenvalue weighted by atomic mass is 15.1. The molecule has 0 bridgehead atoms. The molecule has 2 nitrogen and oxygen atoms in total. The lowest BCUT2D eigenvalue weighted by Gasteiger charge is -2.29. The monoisotopic (exact) mass is 1160 g/mol. The zero-order valence-corrected chi connectivity index (χ0v) is 52.6. The van der Waals surface area contributed by atoms with Crippen LogP contribution in [0.4, 0.5) is 34.1 Å². The van der Waals surface area contributed by atoms with Gasteiger partial charge < -0.3 is 9.80 Å². The Kier molecular flexibility index (Phi) is 12.6. The lowest BCUT2D eigenvalue weighted by atomic mass is 9.81. The van der Waals surface area contributed by atoms with Crippen molar-refractivity contribution in [1.29, 1.82) is 0 Å². The zero-order chi connectivity index (χ0) is 61.3. The van der Waals surface area contributed by atoms with Crippen LogP contribution in [0, 0.1) is 0 Å². The van der Waals surface area contributed by atoms with Crippen molar-refractivity contribution in [2.45, 2.75) is 77.0 Å². The Morgan fingerprint density at radius 1 is 0.200 bits per heavy atom. The van der Waals surface area contributed by atoms with Gasteiger partial charge in [0.2, 0.25) is 0 Å². The highest BCUT2D eigenvalue weighted by molar-refractivity contribution is 5.92. The number of fused-ring (bicyclic) bond motifs is 12. The second-order valence-electron chi connectivity index (χ2n) is 27.4. The van der Waals surface area contributed by atoms with Crippen molar-refractivity contribution in [1.82, 2.24) is 0 Å². The van der Waals surface area contributed by atoms with Crippen LogP contribution in [0.5, 0.6) is 0 Å². The highest BCUT2D eigenvalue weighted by Gasteiger charge is 2.40. The quantitative estimate of drug-likeness (QED) is 0.119. The summed E-state index contributed by atoms with van der Waals surface area (Å²) < 4.78 is 0. The third-order valence-electron chi connectivity index (χ3n) is 20.7. The van der Waals surface area contributed by atoms with Crippen LogP contribution >= 0.6 is 0 Å². The number of nitrogens with zero attached hydrogens (tertiary/aromatic N) is 2. The van der Waals surface area contributed by atoms with Gasteiger partial charge >= 0.3 is 0 Å². The number of rotatable bonds is 11. The fourth-order valence-corrected chi connectivity index (χ4v) is 15.6. The van der Waals surface area contributed by atoms with Gasteiger partial charge in [-0.3, -0.25) is 0 Å². The SMILES string of the molecule is CC1(C)c2ccccc2-c2ccc(N(c3ccccc3)c3ccc4c(c3)C(C)(C)c3cc(C=Cc5ccc(-c6ccc(C=Cc7ccc8c(c7)C(C)(C)c7cc(N(c9ccccc9)c9ccc%10c(c9)C(C)(C)c9ccccc9-%10)ccc7-8)cc6)cc5)ccc3-4)cc21. The van der Waals surface area contributed by atoms with E-state index in [0.29, 0.717) is 0 Å². The Bertz CT molecular complexity index is 4600. The minimum Gasteiger partial charge on any atom is -0.310 e. The fourth-order valence-electron chi connectivity index (χ4n) is 15.6. The number of hydrogen-bond acceptors (Lipinski definition) is 2. The second kappa shape index (κ2) is 20.7. The van der Waals surface area contributed by atoms with Crippen LogP contribution in [0.15, 0.2) is 267 Å². The van der Waals surface area contributed by atoms with Crippen LogP contribution in [-0.4, -0.2) is 0 Å². The first kappa shape index (κ1) is 55.1. The Morgan fingerprint density at radius 2 is 0.444 bits per heavy atom. The molecule has 434 valence electrons. The molecule has 0 fully saturated rings. The molecule has 0 N–H and O–H groups in total. The van der Waals surface area contributed by atoms with Crippen molar-refractivity contribution in [2.75, 3.05) is 9.80 Å². The molecule has 12 aromatic carbocycles. The number of para-hydroxylation sites is 2. The Hall–Kier alpha value is -10.3. The maximum atomic E-state index is 2.44. The molecule has 0 radical (unpaired) electrons. The van der Waals surface area contributed by atoms with Crippen molar-refractivity contribution >= 4 is 58.4 Å². The molecule has 0 heterocycles. The van der Waals surface area contributed by atoms with Crippen molar-refractivity contribution in [3.63, 3.8) is 0 Å². The molecule has 0 spiro atoms. The molecule has 4 aliphatic carbocycles. The Morgan fingerprint density at radius 3 is 0.778 bits per heavy atom. The minimum absolute atomic E-state index is 0.0894. The molecule has 90 heavy (non-hydrogen) atoms. The first-order chi connectivity index (χ1) is 43.6. The van der Waals surface area contributed by atoms with E-state index in [4.69, 9.17) is 0 Å². The molecule has 0 saturated heterocycles. The number of benzene rings is 12. The average molecular weight is 1160 g/mol. The minimum atomic E-state index is -0.191. The van der Waals surface area contributed by atoms with Gasteiger partial charge in [-0.2, -0.15) is 0 Å². The van der Waals surface area contributed by atoms with Crippen LogP contribution in [0.2, 0.25) is 0 Å². The number of hydrogen-bond donors (Lipinski definition) is 0. The summed E-state index contributed by atoms with van der Waals surface area (Å²) in [6.45, 7) is 19.0. The zero-order valence-electron chi connectivity index (χ0n) is 52.6. The van der Waals surface area contributed by atoms with E-state index in [-0.39, 0.29) is 21.7 Å². The summed E-state index contributed by atoms with van der Waals surface area (Å²) in [6, 6.07) is 99.7. The van der Waals surface area contributed by atoms with Crippen molar-refractivity contribution < 1.29 is 0 Å². The summed E-state index contributed by atoms with van der Waals surface area (Å²) in [7, 11) is 0. The summed E-state index contributed by atoms with van der Waals surface area (Å²) in [4.78, 5) is 4.87. The van der Waals surface area contributed by atoms with Crippen LogP contribution in [0.1, 0.15) is 122 Å². The normalized spacial score (nSPS) is 15.2. The molecule has 0 aromatic heterocycles. The van der Waals surface area contributed by atoms with Gasteiger partial charge in [0.05, 0.1) is 0 Å². The van der Waals surface area contributed by atoms with Crippen LogP contribution < -0.4 is 9.80 Å². The summed E-state index contributed by atoms with van der Waals surface area (Å²) in [6.07, 6.45) is 9.01. The van der Waals surface area contributed by atoms with Gasteiger partial charge in [0.1, 0.15) is 0 Å². The van der Waals surface area contributed by atoms with Gasteiger partial charge in [-0.1, -0.05) is 274 Å². The van der Waals surface area contributed by atoms with E-state index in [1.165, 1.54) is 134 Å². The van der Waals surface area contributed by atoms with Crippen molar-refractivity contribution in [2.24, 2.45) is 0 Å². The first-order valence-electron chi connectivity index (χ1n) is 32.0. The van der Waals surface area contributed by atoms with Crippen molar-refractivity contribution in [3.8, 4) is 55.6 Å². The van der Waals surface area contributed by atoms with Gasteiger partial charge in [0.25, 0.3) is 0 Å². The van der Waals surface area contributed by atoms with Crippen LogP contribution in [0.25, 0.3) is 79.9 Å². The summed E-state index contributed by atoms with van der Waals surface area (Å²) in [5.74, 6) is 0. The largest absolute Gasteiger partial charge is 0.310 e. The van der Waals surface area contributed by atoms with Gasteiger partial charge in [-0.15, -0.1) is 0 Å². The predicted octanol–water partition coefficient (Wildman–Crippen LogP) is 23.9. The van der Waals surface area contributed by atoms with Gasteiger partial charge in [-0.05, 0) is 195 Å². The third-order valence-corrected chi connectivity index (χ3v) is 20.7. The lowest BCUT2D eigenvalue weighted by molar-refractivity contribution is 0.659. The average Bonchev–Trinajstić information content (AvgIpc) is 1.84. The Labute approximate surface area is 531 Å². The first-order valence-corrected chi connectivity index (χ1v) is 32.0. The van der Waals surface area contributed by atoms with E-state index in [0.717, 1.165) is 22.7 Å². The van der Waals surface area contributed by atoms with E-state index in [2.05, 4.69) is 356 Å². The molecule has 2 heteroatoms. The highest BCUT2D eigenvalue weighted by Crippen LogP contribution is 2.56. The standard InChI is InChI=1S/C88H72N2/c1-85(2)77-25-17-15-23-69(77)73-47-41-65(53-81(73)85)89(63-19-11-9-12-20-63)67-43-49-75-71-45-35-59(51-79(71)87(5,6)83(75)55-67)29-27-57-31-37-61(38-32-57)62-39-33-58(34-40-62)28-30-60-36-46-72-76-50-44-68(56-84(76)88(7,8)80(72)52-60)90(64-21-13-10-14-22-64)66-42-48-74-70-24-16-18-26-78(70)86(3,4)82(74)54-66/h9-56H,1-8H3. The third kappa shape index (κ3) is 8.82. The fraction of sp³-hybridized carbons (Fsp3) is 0.136. The van der Waals surface area contributed by atoms with E-state index in [1.807, 2.05) is 0 Å². The molecular weight excluding hydrogens is 1080 g/mol. The number of anilines is 6. The van der Waals surface area contributed by atoms with Crippen molar-refractivity contribution in [3.05, 3.63) is 334 Å². The van der Waals surface area contributed by atoms with Gasteiger partial charge in [0.15, 0.2) is 0 Å². The molecule has 0 amide bonds. The molecule has 0 aliphatic heterocycles. The molecule has 12 aromatic rings. The molecule has 0 saturated carbocycles. The molecule has 0 atom stereocenters. The maximum absolute atomic E-state index is 2.44. The van der Waals surface area contributed by atoms with Crippen LogP contribution in [-0.2, 0) is 21.7 Å². The van der Waals surface area contributed by atoms with Crippen LogP contribution in [0.3, 0.4) is 0 Å². The topological polar surface area (TPSA) is 6.48 Å². The van der Waals surface area contributed by atoms with E-state index < -0.39 is 0 Å². The van der Waals surface area contributed by atoms with E-state index in [1.54, 1.807) is 0 Å². The second-order valence-corrected chi connectivity index (χ2v) is 27.4. The maximum Gasteiger partial charge on any atom is 0.0465 e. The van der Waals surface area contributed by atoms with E-state index in [9.17, 15) is 0 Å². The van der Waals surface area contributed by atoms with E-state index >= 15 is 0 Å². The smallest absolute Gasteiger partial charge is 0.0465 e. The summed E-state index contributed by atoms with van der Waals surface area (Å²) in [5.41, 5.74) is 35.1. The molecule has 4 aliphatic rings. The van der Waals surface area contributed by atoms with Gasteiger partial charge in [0, 0.05) is 55.8 Å². The van der Waals surface area contributed by atoms with Gasteiger partial charge in [-0.25, -0.2) is 0 Å². The summed E-state index contributed by atoms with van der Waals surface area (Å²) >= 11 is 0. The molecular formula is C88H72N2. The lowest BCUT2D eigenvalue weighted by Crippen LogP contribution is -2.18. The Balaban J connectivity index is 0.600.